The summed E-state index contributed by atoms with van der Waals surface area (Å²) in [6, 6.07) is 6.43. The Hall–Kier alpha value is -1.09. The molecule has 0 fully saturated rings. The Kier molecular flexibility index (Phi) is 2.19. The number of hydrogen-bond acceptors (Lipinski definition) is 2. The minimum Gasteiger partial charge on any atom is -0.301 e. The van der Waals surface area contributed by atoms with Crippen molar-refractivity contribution >= 4 is 16.8 Å². The maximum atomic E-state index is 12.6. The van der Waals surface area contributed by atoms with Gasteiger partial charge in [-0.2, -0.15) is 5.10 Å². The number of hydrogen-bond donors (Lipinski definition) is 1. The van der Waals surface area contributed by atoms with E-state index in [-0.39, 0.29) is 11.9 Å². The lowest BCUT2D eigenvalue weighted by atomic mass is 10.1. The van der Waals surface area contributed by atoms with Crippen LogP contribution in [0.3, 0.4) is 0 Å². The fourth-order valence-corrected chi connectivity index (χ4v) is 1.50. The third-order valence-electron chi connectivity index (χ3n) is 1.99. The van der Waals surface area contributed by atoms with E-state index >= 15 is 0 Å². The molecule has 1 unspecified atom stereocenters. The molecule has 1 aromatic carbocycles. The Bertz CT molecular complexity index is 334. The Morgan fingerprint density at radius 2 is 2.08 bits per heavy atom. The molecule has 1 aliphatic rings. The van der Waals surface area contributed by atoms with Crippen LogP contribution in [0.1, 0.15) is 18.0 Å². The molecule has 1 heterocycles. The number of hydrazone groups is 1. The second-order valence-corrected chi connectivity index (χ2v) is 3.36. The van der Waals surface area contributed by atoms with E-state index in [1.807, 2.05) is 0 Å². The van der Waals surface area contributed by atoms with Crippen LogP contribution in [-0.2, 0) is 0 Å². The van der Waals surface area contributed by atoms with Crippen LogP contribution in [0.2, 0.25) is 0 Å². The first kappa shape index (κ1) is 8.51. The van der Waals surface area contributed by atoms with E-state index < -0.39 is 0 Å². The van der Waals surface area contributed by atoms with Crippen LogP contribution in [0.5, 0.6) is 0 Å². The van der Waals surface area contributed by atoms with E-state index in [0.717, 1.165) is 5.56 Å². The average Bonchev–Trinajstić information content (AvgIpc) is 2.53. The first-order valence-corrected chi connectivity index (χ1v) is 4.36. The summed E-state index contributed by atoms with van der Waals surface area (Å²) in [7, 11) is 0. The summed E-state index contributed by atoms with van der Waals surface area (Å²) >= 11 is 5.70. The lowest BCUT2D eigenvalue weighted by molar-refractivity contribution is 0.607. The van der Waals surface area contributed by atoms with Gasteiger partial charge < -0.3 is 5.43 Å². The van der Waals surface area contributed by atoms with E-state index in [0.29, 0.717) is 11.6 Å². The number of halogens is 2. The Labute approximate surface area is 80.4 Å². The average molecular weight is 199 g/mol. The van der Waals surface area contributed by atoms with E-state index in [2.05, 4.69) is 10.5 Å². The van der Waals surface area contributed by atoms with E-state index in [4.69, 9.17) is 11.6 Å². The predicted molar refractivity (Wildman–Crippen MR) is 50.2 cm³/mol. The van der Waals surface area contributed by atoms with Gasteiger partial charge in [0.15, 0.2) is 0 Å². The molecule has 2 nitrogen and oxygen atoms in total. The molecular formula is C9H8ClFN2. The highest BCUT2D eigenvalue weighted by atomic mass is 35.5. The van der Waals surface area contributed by atoms with E-state index in [1.165, 1.54) is 12.1 Å². The van der Waals surface area contributed by atoms with Gasteiger partial charge in [0.05, 0.1) is 6.04 Å². The molecule has 1 N–H and O–H groups in total. The van der Waals surface area contributed by atoms with Gasteiger partial charge in [-0.05, 0) is 17.7 Å². The van der Waals surface area contributed by atoms with E-state index in [9.17, 15) is 4.39 Å². The lowest BCUT2D eigenvalue weighted by Gasteiger charge is -2.08. The maximum Gasteiger partial charge on any atom is 0.128 e. The molecule has 0 aromatic heterocycles. The standard InChI is InChI=1S/C9H8ClFN2/c10-9-5-8(12-13-9)6-1-3-7(11)4-2-6/h1-4,8,12H,5H2. The SMILES string of the molecule is Fc1ccc(C2CC(Cl)=NN2)cc1. The molecule has 0 bridgehead atoms. The Morgan fingerprint density at radius 1 is 1.38 bits per heavy atom. The summed E-state index contributed by atoms with van der Waals surface area (Å²) < 4.78 is 12.6. The van der Waals surface area contributed by atoms with Crippen LogP contribution in [0.25, 0.3) is 0 Å². The molecule has 0 saturated heterocycles. The lowest BCUT2D eigenvalue weighted by Crippen LogP contribution is -2.09. The van der Waals surface area contributed by atoms with Crippen LogP contribution < -0.4 is 5.43 Å². The fraction of sp³-hybridized carbons (Fsp3) is 0.222. The largest absolute Gasteiger partial charge is 0.301 e. The van der Waals surface area contributed by atoms with Crippen molar-refractivity contribution in [3.63, 3.8) is 0 Å². The zero-order valence-electron chi connectivity index (χ0n) is 6.80. The molecule has 1 aromatic rings. The molecular weight excluding hydrogens is 191 g/mol. The number of benzene rings is 1. The summed E-state index contributed by atoms with van der Waals surface area (Å²) in [5.74, 6) is -0.228. The van der Waals surface area contributed by atoms with Crippen LogP contribution >= 0.6 is 11.6 Å². The first-order valence-electron chi connectivity index (χ1n) is 3.99. The molecule has 0 spiro atoms. The minimum atomic E-state index is -0.228. The summed E-state index contributed by atoms with van der Waals surface area (Å²) in [6.45, 7) is 0. The van der Waals surface area contributed by atoms with Crippen LogP contribution in [0, 0.1) is 5.82 Å². The topological polar surface area (TPSA) is 24.4 Å². The van der Waals surface area contributed by atoms with Crippen molar-refractivity contribution in [2.75, 3.05) is 0 Å². The van der Waals surface area contributed by atoms with Crippen molar-refractivity contribution in [3.05, 3.63) is 35.6 Å². The van der Waals surface area contributed by atoms with Gasteiger partial charge >= 0.3 is 0 Å². The van der Waals surface area contributed by atoms with Crippen molar-refractivity contribution < 1.29 is 4.39 Å². The van der Waals surface area contributed by atoms with Gasteiger partial charge in [0.25, 0.3) is 0 Å². The smallest absolute Gasteiger partial charge is 0.128 e. The maximum absolute atomic E-state index is 12.6. The summed E-state index contributed by atoms with van der Waals surface area (Å²) in [4.78, 5) is 0. The fourth-order valence-electron chi connectivity index (χ4n) is 1.30. The molecule has 68 valence electrons. The quantitative estimate of drug-likeness (QED) is 0.737. The zero-order chi connectivity index (χ0) is 9.26. The van der Waals surface area contributed by atoms with Gasteiger partial charge in [-0.15, -0.1) is 0 Å². The van der Waals surface area contributed by atoms with Crippen molar-refractivity contribution in [1.82, 2.24) is 5.43 Å². The van der Waals surface area contributed by atoms with Crippen LogP contribution in [0.15, 0.2) is 29.4 Å². The van der Waals surface area contributed by atoms with Crippen molar-refractivity contribution in [3.8, 4) is 0 Å². The highest BCUT2D eigenvalue weighted by Crippen LogP contribution is 2.22. The van der Waals surface area contributed by atoms with Crippen LogP contribution in [-0.4, -0.2) is 5.17 Å². The number of nitrogens with one attached hydrogen (secondary N) is 1. The third kappa shape index (κ3) is 1.80. The third-order valence-corrected chi connectivity index (χ3v) is 2.23. The van der Waals surface area contributed by atoms with Gasteiger partial charge in [-0.1, -0.05) is 23.7 Å². The molecule has 1 aliphatic heterocycles. The van der Waals surface area contributed by atoms with E-state index in [1.54, 1.807) is 12.1 Å². The predicted octanol–water partition coefficient (Wildman–Crippen LogP) is 2.41. The second kappa shape index (κ2) is 3.34. The first-order chi connectivity index (χ1) is 6.25. The minimum absolute atomic E-state index is 0.0908. The monoisotopic (exact) mass is 198 g/mol. The summed E-state index contributed by atoms with van der Waals surface area (Å²) in [6.07, 6.45) is 0.674. The molecule has 2 rings (SSSR count). The molecule has 0 radical (unpaired) electrons. The molecule has 13 heavy (non-hydrogen) atoms. The highest BCUT2D eigenvalue weighted by Gasteiger charge is 2.18. The normalized spacial score (nSPS) is 21.1. The highest BCUT2D eigenvalue weighted by molar-refractivity contribution is 6.65. The summed E-state index contributed by atoms with van der Waals surface area (Å²) in [5.41, 5.74) is 3.88. The molecule has 4 heteroatoms. The molecule has 0 aliphatic carbocycles. The number of rotatable bonds is 1. The van der Waals surface area contributed by atoms with Gasteiger partial charge in [0.1, 0.15) is 11.0 Å². The second-order valence-electron chi connectivity index (χ2n) is 2.93. The molecule has 1 atom stereocenters. The molecule has 0 amide bonds. The van der Waals surface area contributed by atoms with Gasteiger partial charge in [-0.25, -0.2) is 4.39 Å². The van der Waals surface area contributed by atoms with Crippen molar-refractivity contribution in [2.24, 2.45) is 5.10 Å². The van der Waals surface area contributed by atoms with Gasteiger partial charge in [0.2, 0.25) is 0 Å². The summed E-state index contributed by atoms with van der Waals surface area (Å²) in [5, 5.41) is 4.42. The Morgan fingerprint density at radius 3 is 2.62 bits per heavy atom. The van der Waals surface area contributed by atoms with Crippen molar-refractivity contribution in [2.45, 2.75) is 12.5 Å². The number of nitrogens with zero attached hydrogens (tertiary/aromatic N) is 1. The van der Waals surface area contributed by atoms with Crippen molar-refractivity contribution in [1.29, 1.82) is 0 Å². The van der Waals surface area contributed by atoms with Gasteiger partial charge in [0, 0.05) is 6.42 Å². The Balaban J connectivity index is 2.14. The molecule has 0 saturated carbocycles. The van der Waals surface area contributed by atoms with Crippen LogP contribution in [0.4, 0.5) is 4.39 Å². The van der Waals surface area contributed by atoms with Gasteiger partial charge in [-0.3, -0.25) is 0 Å². The zero-order valence-corrected chi connectivity index (χ0v) is 7.55.